The van der Waals surface area contributed by atoms with Gasteiger partial charge in [-0.25, -0.2) is 0 Å². The van der Waals surface area contributed by atoms with E-state index in [1.165, 1.54) is 0 Å². The zero-order chi connectivity index (χ0) is 7.98. The number of carbonyl (C=O) groups is 2. The maximum atomic E-state index is 10.8. The number of hydrogen-bond donors (Lipinski definition) is 0. The minimum Gasteiger partial charge on any atom is -0.303 e. The molecule has 2 nitrogen and oxygen atoms in total. The fourth-order valence-electron chi connectivity index (χ4n) is 0.952. The summed E-state index contributed by atoms with van der Waals surface area (Å²) < 4.78 is 0. The molecule has 0 aliphatic heterocycles. The topological polar surface area (TPSA) is 34.1 Å². The Kier molecular flexibility index (Phi) is 4.81. The highest BCUT2D eigenvalue weighted by Crippen LogP contribution is 2.09. The average Bonchev–Trinajstić information content (AvgIpc) is 1.87. The molecule has 0 aliphatic rings. The van der Waals surface area contributed by atoms with E-state index in [1.54, 1.807) is 6.92 Å². The molecule has 0 heterocycles. The lowest BCUT2D eigenvalue weighted by atomic mass is 9.97. The molecule has 2 heteroatoms. The zero-order valence-corrected chi connectivity index (χ0v) is 6.59. The van der Waals surface area contributed by atoms with Gasteiger partial charge in [0.2, 0.25) is 0 Å². The summed E-state index contributed by atoms with van der Waals surface area (Å²) in [7, 11) is 0. The van der Waals surface area contributed by atoms with Gasteiger partial charge in [-0.2, -0.15) is 0 Å². The number of rotatable bonds is 5. The van der Waals surface area contributed by atoms with Gasteiger partial charge >= 0.3 is 0 Å². The number of aldehydes is 1. The van der Waals surface area contributed by atoms with Gasteiger partial charge in [0.15, 0.2) is 0 Å². The third kappa shape index (κ3) is 3.38. The Morgan fingerprint density at radius 2 is 2.20 bits per heavy atom. The van der Waals surface area contributed by atoms with Crippen molar-refractivity contribution in [3.63, 3.8) is 0 Å². The molecule has 0 rings (SSSR count). The Bertz CT molecular complexity index is 118. The predicted molar refractivity (Wildman–Crippen MR) is 39.8 cm³/mol. The summed E-state index contributed by atoms with van der Waals surface area (Å²) in [6, 6.07) is 0. The average molecular weight is 142 g/mol. The summed E-state index contributed by atoms with van der Waals surface area (Å²) in [6.45, 7) is 3.56. The van der Waals surface area contributed by atoms with Crippen LogP contribution in [0, 0.1) is 5.92 Å². The fraction of sp³-hybridized carbons (Fsp3) is 0.750. The van der Waals surface area contributed by atoms with E-state index in [-0.39, 0.29) is 11.7 Å². The Balaban J connectivity index is 3.71. The molecule has 0 radical (unpaired) electrons. The van der Waals surface area contributed by atoms with Crippen LogP contribution in [0.3, 0.4) is 0 Å². The molecule has 0 bridgehead atoms. The summed E-state index contributed by atoms with van der Waals surface area (Å²) in [6.07, 6.45) is 3.02. The van der Waals surface area contributed by atoms with Crippen molar-refractivity contribution in [2.75, 3.05) is 0 Å². The second kappa shape index (κ2) is 5.15. The van der Waals surface area contributed by atoms with Gasteiger partial charge in [0, 0.05) is 12.3 Å². The summed E-state index contributed by atoms with van der Waals surface area (Å²) in [4.78, 5) is 20.8. The van der Waals surface area contributed by atoms with Crippen LogP contribution in [0.1, 0.15) is 33.1 Å². The Morgan fingerprint density at radius 1 is 1.60 bits per heavy atom. The van der Waals surface area contributed by atoms with Gasteiger partial charge in [-0.1, -0.05) is 13.3 Å². The van der Waals surface area contributed by atoms with Crippen LogP contribution >= 0.6 is 0 Å². The molecular weight excluding hydrogens is 128 g/mol. The van der Waals surface area contributed by atoms with Crippen molar-refractivity contribution in [2.45, 2.75) is 33.1 Å². The minimum atomic E-state index is -0.0255. The summed E-state index contributed by atoms with van der Waals surface area (Å²) in [5.74, 6) is 0.108. The van der Waals surface area contributed by atoms with Crippen LogP contribution in [0.4, 0.5) is 0 Å². The third-order valence-electron chi connectivity index (χ3n) is 1.59. The Hall–Kier alpha value is -0.660. The molecule has 0 saturated carbocycles. The first-order valence-corrected chi connectivity index (χ1v) is 3.66. The summed E-state index contributed by atoms with van der Waals surface area (Å²) in [5.41, 5.74) is 0. The van der Waals surface area contributed by atoms with Crippen molar-refractivity contribution >= 4 is 12.1 Å². The first-order chi connectivity index (χ1) is 4.72. The Morgan fingerprint density at radius 3 is 2.50 bits per heavy atom. The van der Waals surface area contributed by atoms with Crippen molar-refractivity contribution < 1.29 is 9.59 Å². The smallest absolute Gasteiger partial charge is 0.133 e. The number of ketones is 1. The maximum absolute atomic E-state index is 10.8. The van der Waals surface area contributed by atoms with Crippen LogP contribution in [0.15, 0.2) is 0 Å². The van der Waals surface area contributed by atoms with Gasteiger partial charge in [0.25, 0.3) is 0 Å². The molecule has 1 atom stereocenters. The maximum Gasteiger partial charge on any atom is 0.133 e. The first-order valence-electron chi connectivity index (χ1n) is 3.66. The molecule has 58 valence electrons. The lowest BCUT2D eigenvalue weighted by Gasteiger charge is -2.06. The summed E-state index contributed by atoms with van der Waals surface area (Å²) in [5, 5.41) is 0. The normalized spacial score (nSPS) is 12.6. The van der Waals surface area contributed by atoms with Crippen molar-refractivity contribution in [1.82, 2.24) is 0 Å². The molecule has 0 aromatic rings. The van der Waals surface area contributed by atoms with Crippen LogP contribution < -0.4 is 0 Å². The molecular formula is C8H14O2. The van der Waals surface area contributed by atoms with Gasteiger partial charge in [0.1, 0.15) is 12.1 Å². The number of Topliss-reactive ketones (excluding diaryl/α,β-unsaturated/α-hetero) is 1. The van der Waals surface area contributed by atoms with Crippen molar-refractivity contribution in [3.05, 3.63) is 0 Å². The van der Waals surface area contributed by atoms with Gasteiger partial charge in [-0.15, -0.1) is 0 Å². The first kappa shape index (κ1) is 9.34. The van der Waals surface area contributed by atoms with E-state index in [4.69, 9.17) is 0 Å². The van der Waals surface area contributed by atoms with Gasteiger partial charge in [0.05, 0.1) is 0 Å². The van der Waals surface area contributed by atoms with E-state index >= 15 is 0 Å². The van der Waals surface area contributed by atoms with E-state index in [1.807, 2.05) is 6.92 Å². The lowest BCUT2D eigenvalue weighted by Crippen LogP contribution is -2.10. The standard InChI is InChI=1S/C8H14O2/c1-3-4-8(5-6-9)7(2)10/h6,8H,3-5H2,1-2H3. The fourth-order valence-corrected chi connectivity index (χ4v) is 0.952. The number of hydrogen-bond acceptors (Lipinski definition) is 2. The SMILES string of the molecule is CCCC(CC=O)C(C)=O. The van der Waals surface area contributed by atoms with Crippen molar-refractivity contribution in [1.29, 1.82) is 0 Å². The van der Waals surface area contributed by atoms with Crippen LogP contribution in [0.2, 0.25) is 0 Å². The van der Waals surface area contributed by atoms with Gasteiger partial charge < -0.3 is 4.79 Å². The van der Waals surface area contributed by atoms with E-state index in [0.29, 0.717) is 6.42 Å². The lowest BCUT2D eigenvalue weighted by molar-refractivity contribution is -0.123. The zero-order valence-electron chi connectivity index (χ0n) is 6.59. The van der Waals surface area contributed by atoms with E-state index < -0.39 is 0 Å². The van der Waals surface area contributed by atoms with Crippen LogP contribution in [0.5, 0.6) is 0 Å². The van der Waals surface area contributed by atoms with E-state index in [2.05, 4.69) is 0 Å². The van der Waals surface area contributed by atoms with Crippen molar-refractivity contribution in [3.8, 4) is 0 Å². The molecule has 0 aromatic heterocycles. The molecule has 0 amide bonds. The second-order valence-electron chi connectivity index (χ2n) is 2.50. The molecule has 0 fully saturated rings. The van der Waals surface area contributed by atoms with Crippen LogP contribution in [-0.2, 0) is 9.59 Å². The predicted octanol–water partition coefficient (Wildman–Crippen LogP) is 1.58. The highest BCUT2D eigenvalue weighted by atomic mass is 16.1. The molecule has 0 N–H and O–H groups in total. The number of carbonyl (C=O) groups excluding carboxylic acids is 2. The van der Waals surface area contributed by atoms with Gasteiger partial charge in [-0.3, -0.25) is 4.79 Å². The van der Waals surface area contributed by atoms with E-state index in [9.17, 15) is 9.59 Å². The quantitative estimate of drug-likeness (QED) is 0.546. The molecule has 0 aromatic carbocycles. The van der Waals surface area contributed by atoms with E-state index in [0.717, 1.165) is 19.1 Å². The van der Waals surface area contributed by atoms with Gasteiger partial charge in [-0.05, 0) is 13.3 Å². The highest BCUT2D eigenvalue weighted by molar-refractivity contribution is 5.80. The molecule has 0 saturated heterocycles. The third-order valence-corrected chi connectivity index (χ3v) is 1.59. The molecule has 10 heavy (non-hydrogen) atoms. The highest BCUT2D eigenvalue weighted by Gasteiger charge is 2.11. The largest absolute Gasteiger partial charge is 0.303 e. The molecule has 0 spiro atoms. The second-order valence-corrected chi connectivity index (χ2v) is 2.50. The minimum absolute atomic E-state index is 0.0255. The Labute approximate surface area is 61.6 Å². The monoisotopic (exact) mass is 142 g/mol. The molecule has 1 unspecified atom stereocenters. The van der Waals surface area contributed by atoms with Crippen LogP contribution in [0.25, 0.3) is 0 Å². The molecule has 0 aliphatic carbocycles. The summed E-state index contributed by atoms with van der Waals surface area (Å²) >= 11 is 0. The van der Waals surface area contributed by atoms with Crippen molar-refractivity contribution in [2.24, 2.45) is 5.92 Å². The van der Waals surface area contributed by atoms with Crippen LogP contribution in [-0.4, -0.2) is 12.1 Å².